The van der Waals surface area contributed by atoms with Gasteiger partial charge in [-0.25, -0.2) is 0 Å². The van der Waals surface area contributed by atoms with E-state index in [2.05, 4.69) is 31.2 Å². The predicted octanol–water partition coefficient (Wildman–Crippen LogP) is 1.74. The second-order valence-corrected chi connectivity index (χ2v) is 4.84. The summed E-state index contributed by atoms with van der Waals surface area (Å²) in [4.78, 5) is 0. The van der Waals surface area contributed by atoms with E-state index in [0.717, 1.165) is 25.3 Å². The van der Waals surface area contributed by atoms with Crippen LogP contribution in [0.5, 0.6) is 0 Å². The molecule has 0 aliphatic carbocycles. The Morgan fingerprint density at radius 3 is 2.58 bits per heavy atom. The SMILES string of the molecule is COCCOCCCNC(C)c1c(C)nn(C)c1C. The summed E-state index contributed by atoms with van der Waals surface area (Å²) in [6.07, 6.45) is 1.01. The standard InChI is InChI=1S/C14H27N3O2/c1-11(14-12(2)16-17(4)13(14)3)15-7-6-8-19-10-9-18-5/h11,15H,6-10H2,1-5H3. The number of hydrogen-bond donors (Lipinski definition) is 1. The van der Waals surface area contributed by atoms with Crippen LogP contribution in [0, 0.1) is 13.8 Å². The zero-order chi connectivity index (χ0) is 14.3. The number of aryl methyl sites for hydroxylation is 2. The fourth-order valence-electron chi connectivity index (χ4n) is 2.26. The molecule has 1 unspecified atom stereocenters. The fourth-order valence-corrected chi connectivity index (χ4v) is 2.26. The van der Waals surface area contributed by atoms with Crippen molar-refractivity contribution in [2.45, 2.75) is 33.2 Å². The van der Waals surface area contributed by atoms with Gasteiger partial charge in [-0.05, 0) is 33.7 Å². The first kappa shape index (κ1) is 16.1. The number of rotatable bonds is 9. The maximum Gasteiger partial charge on any atom is 0.0700 e. The van der Waals surface area contributed by atoms with E-state index in [1.54, 1.807) is 7.11 Å². The minimum Gasteiger partial charge on any atom is -0.382 e. The summed E-state index contributed by atoms with van der Waals surface area (Å²) in [7, 11) is 3.67. The molecule has 0 amide bonds. The average Bonchev–Trinajstić information content (AvgIpc) is 2.62. The number of ether oxygens (including phenoxy) is 2. The molecule has 0 aliphatic heterocycles. The van der Waals surface area contributed by atoms with Gasteiger partial charge in [-0.3, -0.25) is 4.68 Å². The van der Waals surface area contributed by atoms with Crippen LogP contribution in [-0.4, -0.2) is 43.3 Å². The smallest absolute Gasteiger partial charge is 0.0700 e. The minimum atomic E-state index is 0.327. The summed E-state index contributed by atoms with van der Waals surface area (Å²) < 4.78 is 12.3. The number of nitrogens with one attached hydrogen (secondary N) is 1. The predicted molar refractivity (Wildman–Crippen MR) is 76.4 cm³/mol. The van der Waals surface area contributed by atoms with Gasteiger partial charge in [0.2, 0.25) is 0 Å². The Morgan fingerprint density at radius 2 is 2.00 bits per heavy atom. The third-order valence-electron chi connectivity index (χ3n) is 3.35. The van der Waals surface area contributed by atoms with Crippen LogP contribution in [0.1, 0.15) is 36.3 Å². The van der Waals surface area contributed by atoms with Gasteiger partial charge in [0, 0.05) is 38.1 Å². The lowest BCUT2D eigenvalue weighted by Gasteiger charge is -2.14. The molecular formula is C14H27N3O2. The van der Waals surface area contributed by atoms with Gasteiger partial charge in [0.05, 0.1) is 18.9 Å². The maximum atomic E-state index is 5.43. The lowest BCUT2D eigenvalue weighted by Crippen LogP contribution is -2.22. The molecule has 1 heterocycles. The van der Waals surface area contributed by atoms with Crippen molar-refractivity contribution >= 4 is 0 Å². The van der Waals surface area contributed by atoms with Crippen molar-refractivity contribution < 1.29 is 9.47 Å². The Hall–Kier alpha value is -0.910. The normalized spacial score (nSPS) is 12.9. The van der Waals surface area contributed by atoms with Gasteiger partial charge in [0.1, 0.15) is 0 Å². The molecule has 1 rings (SSSR count). The topological polar surface area (TPSA) is 48.3 Å². The van der Waals surface area contributed by atoms with E-state index in [9.17, 15) is 0 Å². The molecule has 0 radical (unpaired) electrons. The van der Waals surface area contributed by atoms with Crippen molar-refractivity contribution in [1.29, 1.82) is 0 Å². The molecule has 0 aromatic carbocycles. The van der Waals surface area contributed by atoms with Crippen LogP contribution in [0.15, 0.2) is 0 Å². The molecule has 0 saturated heterocycles. The third-order valence-corrected chi connectivity index (χ3v) is 3.35. The number of nitrogens with zero attached hydrogens (tertiary/aromatic N) is 2. The third kappa shape index (κ3) is 4.93. The monoisotopic (exact) mass is 269 g/mol. The van der Waals surface area contributed by atoms with E-state index in [1.807, 2.05) is 11.7 Å². The van der Waals surface area contributed by atoms with E-state index in [0.29, 0.717) is 19.3 Å². The van der Waals surface area contributed by atoms with Crippen LogP contribution in [0.2, 0.25) is 0 Å². The largest absolute Gasteiger partial charge is 0.382 e. The number of aromatic nitrogens is 2. The van der Waals surface area contributed by atoms with E-state index in [1.165, 1.54) is 11.3 Å². The quantitative estimate of drug-likeness (QED) is 0.694. The number of methoxy groups -OCH3 is 1. The lowest BCUT2D eigenvalue weighted by atomic mass is 10.1. The van der Waals surface area contributed by atoms with Gasteiger partial charge >= 0.3 is 0 Å². The summed E-state index contributed by atoms with van der Waals surface area (Å²) in [6, 6.07) is 0.327. The molecule has 1 N–H and O–H groups in total. The van der Waals surface area contributed by atoms with Crippen LogP contribution in [0.4, 0.5) is 0 Å². The first-order valence-corrected chi connectivity index (χ1v) is 6.88. The van der Waals surface area contributed by atoms with Crippen LogP contribution in [0.3, 0.4) is 0 Å². The summed E-state index contributed by atoms with van der Waals surface area (Å²) >= 11 is 0. The molecule has 19 heavy (non-hydrogen) atoms. The highest BCUT2D eigenvalue weighted by molar-refractivity contribution is 5.27. The second kappa shape index (κ2) is 8.30. The first-order chi connectivity index (χ1) is 9.07. The molecule has 5 nitrogen and oxygen atoms in total. The van der Waals surface area contributed by atoms with E-state index in [-0.39, 0.29) is 0 Å². The van der Waals surface area contributed by atoms with Crippen LogP contribution < -0.4 is 5.32 Å². The van der Waals surface area contributed by atoms with Crippen molar-refractivity contribution in [3.63, 3.8) is 0 Å². The molecule has 1 aromatic rings. The van der Waals surface area contributed by atoms with Gasteiger partial charge < -0.3 is 14.8 Å². The molecule has 0 spiro atoms. The minimum absolute atomic E-state index is 0.327. The van der Waals surface area contributed by atoms with Gasteiger partial charge in [-0.1, -0.05) is 0 Å². The maximum absolute atomic E-state index is 5.43. The van der Waals surface area contributed by atoms with E-state index < -0.39 is 0 Å². The molecule has 0 bridgehead atoms. The Kier molecular flexibility index (Phi) is 7.05. The summed E-state index contributed by atoms with van der Waals surface area (Å²) in [6.45, 7) is 9.42. The number of hydrogen-bond acceptors (Lipinski definition) is 4. The van der Waals surface area contributed by atoms with Gasteiger partial charge in [-0.2, -0.15) is 5.10 Å². The zero-order valence-corrected chi connectivity index (χ0v) is 12.8. The first-order valence-electron chi connectivity index (χ1n) is 6.88. The summed E-state index contributed by atoms with van der Waals surface area (Å²) in [5.74, 6) is 0. The highest BCUT2D eigenvalue weighted by Crippen LogP contribution is 2.20. The highest BCUT2D eigenvalue weighted by atomic mass is 16.5. The molecule has 0 saturated carbocycles. The molecule has 110 valence electrons. The van der Waals surface area contributed by atoms with E-state index >= 15 is 0 Å². The zero-order valence-electron chi connectivity index (χ0n) is 12.8. The van der Waals surface area contributed by atoms with Crippen LogP contribution in [0.25, 0.3) is 0 Å². The van der Waals surface area contributed by atoms with Gasteiger partial charge in [0.25, 0.3) is 0 Å². The average molecular weight is 269 g/mol. The lowest BCUT2D eigenvalue weighted by molar-refractivity contribution is 0.0693. The van der Waals surface area contributed by atoms with Crippen molar-refractivity contribution in [2.24, 2.45) is 7.05 Å². The Morgan fingerprint density at radius 1 is 1.26 bits per heavy atom. The Labute approximate surface area is 116 Å². The van der Waals surface area contributed by atoms with Gasteiger partial charge in [0.15, 0.2) is 0 Å². The Balaban J connectivity index is 2.26. The fraction of sp³-hybridized carbons (Fsp3) is 0.786. The second-order valence-electron chi connectivity index (χ2n) is 4.84. The highest BCUT2D eigenvalue weighted by Gasteiger charge is 2.15. The van der Waals surface area contributed by atoms with Crippen molar-refractivity contribution in [3.8, 4) is 0 Å². The Bertz CT molecular complexity index is 377. The summed E-state index contributed by atoms with van der Waals surface area (Å²) in [5, 5.41) is 7.97. The van der Waals surface area contributed by atoms with Crippen LogP contribution >= 0.6 is 0 Å². The molecule has 5 heteroatoms. The van der Waals surface area contributed by atoms with Crippen molar-refractivity contribution in [2.75, 3.05) is 33.5 Å². The van der Waals surface area contributed by atoms with Crippen molar-refractivity contribution in [3.05, 3.63) is 17.0 Å². The van der Waals surface area contributed by atoms with Crippen molar-refractivity contribution in [1.82, 2.24) is 15.1 Å². The molecule has 0 aliphatic rings. The molecule has 0 fully saturated rings. The van der Waals surface area contributed by atoms with E-state index in [4.69, 9.17) is 9.47 Å². The molecule has 1 atom stereocenters. The summed E-state index contributed by atoms with van der Waals surface area (Å²) in [5.41, 5.74) is 3.65. The van der Waals surface area contributed by atoms with Gasteiger partial charge in [-0.15, -0.1) is 0 Å². The van der Waals surface area contributed by atoms with Crippen LogP contribution in [-0.2, 0) is 16.5 Å². The molecule has 1 aromatic heterocycles. The molecular weight excluding hydrogens is 242 g/mol.